The molecule has 0 fully saturated rings. The van der Waals surface area contributed by atoms with Gasteiger partial charge in [-0.25, -0.2) is 14.8 Å². The largest absolute Gasteiger partial charge is 0.461 e. The first kappa shape index (κ1) is 19.9. The van der Waals surface area contributed by atoms with Gasteiger partial charge in [-0.2, -0.15) is 13.2 Å². The van der Waals surface area contributed by atoms with Crippen molar-refractivity contribution < 1.29 is 22.7 Å². The zero-order valence-corrected chi connectivity index (χ0v) is 15.4. The summed E-state index contributed by atoms with van der Waals surface area (Å²) >= 11 is 5.85. The van der Waals surface area contributed by atoms with E-state index in [-0.39, 0.29) is 35.7 Å². The number of benzene rings is 2. The molecule has 0 radical (unpaired) electrons. The van der Waals surface area contributed by atoms with Crippen molar-refractivity contribution in [2.24, 2.45) is 0 Å². The lowest BCUT2D eigenvalue weighted by Crippen LogP contribution is -2.14. The molecule has 146 valence electrons. The molecular formula is C19H15ClF3N3O2. The highest BCUT2D eigenvalue weighted by atomic mass is 35.5. The highest BCUT2D eigenvalue weighted by Gasteiger charge is 2.31. The number of esters is 1. The summed E-state index contributed by atoms with van der Waals surface area (Å²) in [7, 11) is 0. The predicted molar refractivity (Wildman–Crippen MR) is 99.3 cm³/mol. The quantitative estimate of drug-likeness (QED) is 0.594. The Morgan fingerprint density at radius 2 is 1.82 bits per heavy atom. The number of ether oxygens (including phenoxy) is 1. The Morgan fingerprint density at radius 3 is 2.46 bits per heavy atom. The first-order chi connectivity index (χ1) is 13.3. The van der Waals surface area contributed by atoms with Crippen LogP contribution < -0.4 is 5.32 Å². The summed E-state index contributed by atoms with van der Waals surface area (Å²) < 4.78 is 43.9. The molecule has 0 aliphatic carbocycles. The Balaban J connectivity index is 2.00. The number of halogens is 4. The lowest BCUT2D eigenvalue weighted by molar-refractivity contribution is -0.137. The van der Waals surface area contributed by atoms with E-state index in [1.807, 2.05) is 0 Å². The number of nitrogens with one attached hydrogen (secondary N) is 1. The van der Waals surface area contributed by atoms with Crippen LogP contribution in [0.5, 0.6) is 0 Å². The molecule has 0 atom stereocenters. The van der Waals surface area contributed by atoms with Gasteiger partial charge < -0.3 is 10.1 Å². The smallest absolute Gasteiger partial charge is 0.416 e. The average molecular weight is 410 g/mol. The third-order valence-electron chi connectivity index (χ3n) is 3.83. The first-order valence-electron chi connectivity index (χ1n) is 8.32. The molecule has 0 saturated carbocycles. The van der Waals surface area contributed by atoms with Crippen LogP contribution in [0.3, 0.4) is 0 Å². The van der Waals surface area contributed by atoms with Gasteiger partial charge in [0, 0.05) is 11.6 Å². The number of anilines is 1. The van der Waals surface area contributed by atoms with Crippen LogP contribution in [0.2, 0.25) is 5.02 Å². The topological polar surface area (TPSA) is 64.1 Å². The Labute approximate surface area is 163 Å². The SMILES string of the molecule is CCOC(=O)c1nc2ccc(C(F)(F)F)cc2nc1NCc1ccc(Cl)cc1. The van der Waals surface area contributed by atoms with E-state index in [9.17, 15) is 18.0 Å². The molecule has 5 nitrogen and oxygen atoms in total. The van der Waals surface area contributed by atoms with E-state index in [2.05, 4.69) is 15.3 Å². The number of aromatic nitrogens is 2. The highest BCUT2D eigenvalue weighted by Crippen LogP contribution is 2.31. The number of hydrogen-bond donors (Lipinski definition) is 1. The fourth-order valence-corrected chi connectivity index (χ4v) is 2.61. The number of alkyl halides is 3. The summed E-state index contributed by atoms with van der Waals surface area (Å²) in [5.74, 6) is -0.671. The molecule has 0 amide bonds. The van der Waals surface area contributed by atoms with Gasteiger partial charge in [-0.3, -0.25) is 0 Å². The highest BCUT2D eigenvalue weighted by molar-refractivity contribution is 6.30. The van der Waals surface area contributed by atoms with Gasteiger partial charge in [-0.15, -0.1) is 0 Å². The van der Waals surface area contributed by atoms with Gasteiger partial charge in [0.15, 0.2) is 11.5 Å². The van der Waals surface area contributed by atoms with Crippen molar-refractivity contribution in [1.29, 1.82) is 0 Å². The van der Waals surface area contributed by atoms with E-state index in [0.29, 0.717) is 5.02 Å². The van der Waals surface area contributed by atoms with Gasteiger partial charge in [0.2, 0.25) is 0 Å². The van der Waals surface area contributed by atoms with E-state index in [0.717, 1.165) is 17.7 Å². The summed E-state index contributed by atoms with van der Waals surface area (Å²) in [6, 6.07) is 9.92. The van der Waals surface area contributed by atoms with E-state index < -0.39 is 17.7 Å². The van der Waals surface area contributed by atoms with Crippen LogP contribution in [-0.2, 0) is 17.5 Å². The maximum absolute atomic E-state index is 13.0. The summed E-state index contributed by atoms with van der Waals surface area (Å²) in [4.78, 5) is 20.6. The number of carbonyl (C=O) groups excluding carboxylic acids is 1. The van der Waals surface area contributed by atoms with E-state index >= 15 is 0 Å². The van der Waals surface area contributed by atoms with Crippen LogP contribution in [0.4, 0.5) is 19.0 Å². The molecule has 1 heterocycles. The number of fused-ring (bicyclic) bond motifs is 1. The van der Waals surface area contributed by atoms with Gasteiger partial charge in [0.25, 0.3) is 0 Å². The second kappa shape index (κ2) is 8.02. The molecule has 9 heteroatoms. The van der Waals surface area contributed by atoms with Crippen molar-refractivity contribution in [3.8, 4) is 0 Å². The van der Waals surface area contributed by atoms with Crippen LogP contribution in [0.15, 0.2) is 42.5 Å². The maximum atomic E-state index is 13.0. The van der Waals surface area contributed by atoms with Crippen LogP contribution in [0, 0.1) is 0 Å². The lowest BCUT2D eigenvalue weighted by Gasteiger charge is -2.12. The van der Waals surface area contributed by atoms with Crippen LogP contribution in [0.1, 0.15) is 28.5 Å². The Morgan fingerprint density at radius 1 is 1.11 bits per heavy atom. The average Bonchev–Trinajstić information content (AvgIpc) is 2.66. The van der Waals surface area contributed by atoms with Gasteiger partial charge in [0.05, 0.1) is 23.2 Å². The Kier molecular flexibility index (Phi) is 5.69. The molecule has 0 bridgehead atoms. The fourth-order valence-electron chi connectivity index (χ4n) is 2.48. The predicted octanol–water partition coefficient (Wildman–Crippen LogP) is 5.09. The van der Waals surface area contributed by atoms with Gasteiger partial charge in [0.1, 0.15) is 0 Å². The molecule has 1 aromatic heterocycles. The number of rotatable bonds is 5. The van der Waals surface area contributed by atoms with Crippen molar-refractivity contribution in [2.45, 2.75) is 19.6 Å². The maximum Gasteiger partial charge on any atom is 0.416 e. The molecular weight excluding hydrogens is 395 g/mol. The molecule has 0 aliphatic heterocycles. The second-order valence-corrected chi connectivity index (χ2v) is 6.26. The third-order valence-corrected chi connectivity index (χ3v) is 4.09. The third kappa shape index (κ3) is 4.51. The molecule has 0 unspecified atom stereocenters. The van der Waals surface area contributed by atoms with Crippen molar-refractivity contribution in [2.75, 3.05) is 11.9 Å². The van der Waals surface area contributed by atoms with Crippen molar-refractivity contribution in [3.63, 3.8) is 0 Å². The minimum absolute atomic E-state index is 0.0153. The van der Waals surface area contributed by atoms with Crippen LogP contribution in [-0.4, -0.2) is 22.5 Å². The van der Waals surface area contributed by atoms with Crippen molar-refractivity contribution in [1.82, 2.24) is 9.97 Å². The summed E-state index contributed by atoms with van der Waals surface area (Å²) in [5, 5.41) is 3.51. The Hall–Kier alpha value is -2.87. The molecule has 0 saturated heterocycles. The van der Waals surface area contributed by atoms with Gasteiger partial charge in [-0.1, -0.05) is 23.7 Å². The monoisotopic (exact) mass is 409 g/mol. The Bertz CT molecular complexity index is 1010. The van der Waals surface area contributed by atoms with Gasteiger partial charge in [-0.05, 0) is 42.8 Å². The second-order valence-electron chi connectivity index (χ2n) is 5.82. The van der Waals surface area contributed by atoms with Crippen molar-refractivity contribution in [3.05, 3.63) is 64.3 Å². The van der Waals surface area contributed by atoms with Gasteiger partial charge >= 0.3 is 12.1 Å². The number of hydrogen-bond acceptors (Lipinski definition) is 5. The van der Waals surface area contributed by atoms with E-state index in [1.54, 1.807) is 31.2 Å². The molecule has 3 aromatic rings. The molecule has 28 heavy (non-hydrogen) atoms. The molecule has 0 spiro atoms. The molecule has 0 aliphatic rings. The summed E-state index contributed by atoms with van der Waals surface area (Å²) in [6.45, 7) is 2.04. The van der Waals surface area contributed by atoms with E-state index in [1.165, 1.54) is 6.07 Å². The van der Waals surface area contributed by atoms with E-state index in [4.69, 9.17) is 16.3 Å². The number of nitrogens with zero attached hydrogens (tertiary/aromatic N) is 2. The zero-order valence-electron chi connectivity index (χ0n) is 14.7. The summed E-state index contributed by atoms with van der Waals surface area (Å²) in [6.07, 6.45) is -4.51. The summed E-state index contributed by atoms with van der Waals surface area (Å²) in [5.41, 5.74) is 0.0737. The standard InChI is InChI=1S/C19H15ClF3N3O2/c1-2-28-18(27)16-17(24-10-11-3-6-13(20)7-4-11)26-15-9-12(19(21,22)23)5-8-14(15)25-16/h3-9H,2,10H2,1H3,(H,24,26). The minimum Gasteiger partial charge on any atom is -0.461 e. The van der Waals surface area contributed by atoms with Crippen molar-refractivity contribution >= 4 is 34.4 Å². The zero-order chi connectivity index (χ0) is 20.3. The number of carbonyl (C=O) groups is 1. The van der Waals surface area contributed by atoms with Crippen LogP contribution in [0.25, 0.3) is 11.0 Å². The van der Waals surface area contributed by atoms with Crippen LogP contribution >= 0.6 is 11.6 Å². The molecule has 1 N–H and O–H groups in total. The lowest BCUT2D eigenvalue weighted by atomic mass is 10.2. The fraction of sp³-hybridized carbons (Fsp3) is 0.211. The molecule has 2 aromatic carbocycles. The minimum atomic E-state index is -4.51. The first-order valence-corrected chi connectivity index (χ1v) is 8.70. The molecule has 3 rings (SSSR count). The normalized spacial score (nSPS) is 11.5.